The van der Waals surface area contributed by atoms with Gasteiger partial charge in [-0.1, -0.05) is 20.8 Å². The molecule has 0 spiro atoms. The maximum atomic E-state index is 11.8. The zero-order valence-electron chi connectivity index (χ0n) is 12.9. The van der Waals surface area contributed by atoms with Gasteiger partial charge in [-0.3, -0.25) is 4.79 Å². The average Bonchev–Trinajstić information content (AvgIpc) is 2.28. The van der Waals surface area contributed by atoms with Crippen molar-refractivity contribution >= 4 is 20.2 Å². The first kappa shape index (κ1) is 17.1. The lowest BCUT2D eigenvalue weighted by Crippen LogP contribution is -2.51. The van der Waals surface area contributed by atoms with Gasteiger partial charge < -0.3 is 19.6 Å². The van der Waals surface area contributed by atoms with E-state index in [1.54, 1.807) is 0 Å². The van der Waals surface area contributed by atoms with E-state index in [-0.39, 0.29) is 30.0 Å². The standard InChI is InChI=1S/C13H25NO5Si/c1-13(2,3)20(4,5)19-7-9-6-11(15)10(8-18-9)14-12(16)17/h9-10,14H,6-8H2,1-5H3,(H,16,17). The molecule has 1 amide bonds. The van der Waals surface area contributed by atoms with Gasteiger partial charge in [0.25, 0.3) is 0 Å². The number of carbonyl (C=O) groups excluding carboxylic acids is 1. The third-order valence-electron chi connectivity index (χ3n) is 4.05. The van der Waals surface area contributed by atoms with Gasteiger partial charge in [-0.25, -0.2) is 4.79 Å². The van der Waals surface area contributed by atoms with E-state index >= 15 is 0 Å². The second kappa shape index (κ2) is 6.24. The monoisotopic (exact) mass is 303 g/mol. The highest BCUT2D eigenvalue weighted by Crippen LogP contribution is 2.36. The maximum Gasteiger partial charge on any atom is 0.405 e. The Hall–Kier alpha value is -0.923. The Morgan fingerprint density at radius 1 is 1.50 bits per heavy atom. The lowest BCUT2D eigenvalue weighted by molar-refractivity contribution is -0.133. The molecule has 1 fully saturated rings. The van der Waals surface area contributed by atoms with E-state index in [0.717, 1.165) is 0 Å². The van der Waals surface area contributed by atoms with Crippen LogP contribution in [0.1, 0.15) is 27.2 Å². The maximum absolute atomic E-state index is 11.8. The number of ketones is 1. The molecule has 0 bridgehead atoms. The van der Waals surface area contributed by atoms with E-state index in [1.807, 2.05) is 0 Å². The van der Waals surface area contributed by atoms with Crippen LogP contribution >= 0.6 is 0 Å². The molecule has 20 heavy (non-hydrogen) atoms. The molecule has 2 N–H and O–H groups in total. The van der Waals surface area contributed by atoms with E-state index in [0.29, 0.717) is 6.61 Å². The summed E-state index contributed by atoms with van der Waals surface area (Å²) in [7, 11) is -1.86. The minimum Gasteiger partial charge on any atom is -0.465 e. The van der Waals surface area contributed by atoms with Crippen LogP contribution in [0.5, 0.6) is 0 Å². The van der Waals surface area contributed by atoms with E-state index in [4.69, 9.17) is 14.3 Å². The molecule has 1 aliphatic heterocycles. The van der Waals surface area contributed by atoms with Crippen molar-refractivity contribution < 1.29 is 23.9 Å². The summed E-state index contributed by atoms with van der Waals surface area (Å²) in [4.78, 5) is 22.3. The molecule has 6 nitrogen and oxygen atoms in total. The van der Waals surface area contributed by atoms with Crippen LogP contribution in [0.2, 0.25) is 18.1 Å². The molecular formula is C13H25NO5Si. The molecule has 7 heteroatoms. The lowest BCUT2D eigenvalue weighted by Gasteiger charge is -2.38. The second-order valence-corrected chi connectivity index (χ2v) is 11.5. The molecule has 1 aliphatic rings. The first-order chi connectivity index (χ1) is 9.03. The van der Waals surface area contributed by atoms with Gasteiger partial charge in [-0.05, 0) is 18.1 Å². The summed E-state index contributed by atoms with van der Waals surface area (Å²) < 4.78 is 11.5. The van der Waals surface area contributed by atoms with Crippen molar-refractivity contribution in [3.63, 3.8) is 0 Å². The van der Waals surface area contributed by atoms with Gasteiger partial charge in [0.2, 0.25) is 0 Å². The van der Waals surface area contributed by atoms with Gasteiger partial charge in [0.15, 0.2) is 14.1 Å². The zero-order valence-corrected chi connectivity index (χ0v) is 13.9. The summed E-state index contributed by atoms with van der Waals surface area (Å²) >= 11 is 0. The fraction of sp³-hybridized carbons (Fsp3) is 0.846. The SMILES string of the molecule is CC(C)(C)[Si](C)(C)OCC1CC(=O)C(NC(=O)O)CO1. The van der Waals surface area contributed by atoms with Crippen LogP contribution in [0.15, 0.2) is 0 Å². The number of Topliss-reactive ketones (excluding diaryl/α,β-unsaturated/α-hetero) is 1. The molecule has 116 valence electrons. The summed E-state index contributed by atoms with van der Waals surface area (Å²) in [5.74, 6) is -0.137. The molecule has 0 radical (unpaired) electrons. The number of rotatable bonds is 4. The highest BCUT2D eigenvalue weighted by molar-refractivity contribution is 6.74. The molecule has 0 aromatic carbocycles. The van der Waals surface area contributed by atoms with Gasteiger partial charge in [-0.15, -0.1) is 0 Å². The second-order valence-electron chi connectivity index (χ2n) is 6.70. The first-order valence-electron chi connectivity index (χ1n) is 6.80. The van der Waals surface area contributed by atoms with Gasteiger partial charge in [0.05, 0.1) is 19.3 Å². The Balaban J connectivity index is 2.46. The van der Waals surface area contributed by atoms with Crippen LogP contribution < -0.4 is 5.32 Å². The van der Waals surface area contributed by atoms with Gasteiger partial charge in [0, 0.05) is 6.42 Å². The Labute approximate surface area is 121 Å². The average molecular weight is 303 g/mol. The van der Waals surface area contributed by atoms with Crippen LogP contribution in [0, 0.1) is 0 Å². The molecule has 0 saturated carbocycles. The Bertz CT molecular complexity index is 377. The van der Waals surface area contributed by atoms with Crippen molar-refractivity contribution in [2.24, 2.45) is 0 Å². The number of amides is 1. The van der Waals surface area contributed by atoms with Crippen LogP contribution in [-0.2, 0) is 14.0 Å². The van der Waals surface area contributed by atoms with Crippen LogP contribution in [0.3, 0.4) is 0 Å². The fourth-order valence-corrected chi connectivity index (χ4v) is 2.68. The van der Waals surface area contributed by atoms with Crippen molar-refractivity contribution in [2.45, 2.75) is 57.5 Å². The molecule has 1 heterocycles. The van der Waals surface area contributed by atoms with Crippen LogP contribution in [-0.4, -0.2) is 50.7 Å². The smallest absolute Gasteiger partial charge is 0.405 e. The Morgan fingerprint density at radius 3 is 2.55 bits per heavy atom. The van der Waals surface area contributed by atoms with Crippen molar-refractivity contribution in [2.75, 3.05) is 13.2 Å². The van der Waals surface area contributed by atoms with E-state index < -0.39 is 20.5 Å². The summed E-state index contributed by atoms with van der Waals surface area (Å²) in [6.07, 6.45) is -1.29. The van der Waals surface area contributed by atoms with E-state index in [2.05, 4.69) is 39.2 Å². The summed E-state index contributed by atoms with van der Waals surface area (Å²) in [6, 6.07) is -0.753. The highest BCUT2D eigenvalue weighted by Gasteiger charge is 2.39. The molecule has 1 rings (SSSR count). The molecule has 0 aromatic rings. The zero-order chi connectivity index (χ0) is 15.6. The Morgan fingerprint density at radius 2 is 2.10 bits per heavy atom. The van der Waals surface area contributed by atoms with Crippen LogP contribution in [0.4, 0.5) is 4.79 Å². The predicted octanol–water partition coefficient (Wildman–Crippen LogP) is 2.00. The molecule has 2 atom stereocenters. The van der Waals surface area contributed by atoms with E-state index in [1.165, 1.54) is 0 Å². The summed E-state index contributed by atoms with van der Waals surface area (Å²) in [5, 5.41) is 10.9. The minimum absolute atomic E-state index is 0.0800. The number of ether oxygens (including phenoxy) is 1. The topological polar surface area (TPSA) is 84.9 Å². The Kier molecular flexibility index (Phi) is 5.34. The molecular weight excluding hydrogens is 278 g/mol. The lowest BCUT2D eigenvalue weighted by atomic mass is 10.0. The van der Waals surface area contributed by atoms with Gasteiger partial charge >= 0.3 is 6.09 Å². The number of hydrogen-bond acceptors (Lipinski definition) is 4. The van der Waals surface area contributed by atoms with Crippen LogP contribution in [0.25, 0.3) is 0 Å². The third-order valence-corrected chi connectivity index (χ3v) is 8.55. The number of hydrogen-bond donors (Lipinski definition) is 2. The van der Waals surface area contributed by atoms with Gasteiger partial charge in [-0.2, -0.15) is 0 Å². The minimum atomic E-state index is -1.86. The fourth-order valence-electron chi connectivity index (χ4n) is 1.65. The molecule has 0 aromatic heterocycles. The predicted molar refractivity (Wildman–Crippen MR) is 77.5 cm³/mol. The van der Waals surface area contributed by atoms with Crippen molar-refractivity contribution in [3.8, 4) is 0 Å². The van der Waals surface area contributed by atoms with Crippen molar-refractivity contribution in [1.82, 2.24) is 5.32 Å². The molecule has 0 aliphatic carbocycles. The summed E-state index contributed by atoms with van der Waals surface area (Å²) in [5.41, 5.74) is 0. The van der Waals surface area contributed by atoms with Crippen molar-refractivity contribution in [3.05, 3.63) is 0 Å². The van der Waals surface area contributed by atoms with Gasteiger partial charge in [0.1, 0.15) is 6.04 Å². The number of nitrogens with one attached hydrogen (secondary N) is 1. The largest absolute Gasteiger partial charge is 0.465 e. The highest BCUT2D eigenvalue weighted by atomic mass is 28.4. The third kappa shape index (κ3) is 4.57. The first-order valence-corrected chi connectivity index (χ1v) is 9.71. The normalized spacial score (nSPS) is 24.6. The number of carboxylic acid groups (broad SMARTS) is 1. The molecule has 2 unspecified atom stereocenters. The van der Waals surface area contributed by atoms with Crippen molar-refractivity contribution in [1.29, 1.82) is 0 Å². The molecule has 1 saturated heterocycles. The van der Waals surface area contributed by atoms with E-state index in [9.17, 15) is 9.59 Å². The summed E-state index contributed by atoms with van der Waals surface area (Å²) in [6.45, 7) is 11.2. The quantitative estimate of drug-likeness (QED) is 0.776. The number of carbonyl (C=O) groups is 2.